The summed E-state index contributed by atoms with van der Waals surface area (Å²) in [5.41, 5.74) is 0. The Labute approximate surface area is 95.8 Å². The van der Waals surface area contributed by atoms with Gasteiger partial charge in [0.05, 0.1) is 6.54 Å². The predicted octanol–water partition coefficient (Wildman–Crippen LogP) is 0.450. The first-order valence-corrected chi connectivity index (χ1v) is 5.75. The molecular formula is C11H20N2O3. The summed E-state index contributed by atoms with van der Waals surface area (Å²) in [6.45, 7) is 4.23. The predicted molar refractivity (Wildman–Crippen MR) is 60.1 cm³/mol. The molecule has 16 heavy (non-hydrogen) atoms. The highest BCUT2D eigenvalue weighted by atomic mass is 16.4. The van der Waals surface area contributed by atoms with Gasteiger partial charge in [0.25, 0.3) is 0 Å². The van der Waals surface area contributed by atoms with Crippen LogP contribution in [0.1, 0.15) is 33.1 Å². The maximum atomic E-state index is 11.5. The van der Waals surface area contributed by atoms with Crippen LogP contribution in [0.5, 0.6) is 0 Å². The number of carbonyl (C=O) groups excluding carboxylic acids is 1. The second-order valence-electron chi connectivity index (χ2n) is 4.47. The van der Waals surface area contributed by atoms with Gasteiger partial charge in [-0.2, -0.15) is 0 Å². The van der Waals surface area contributed by atoms with Gasteiger partial charge in [0.1, 0.15) is 6.54 Å². The molecule has 0 saturated carbocycles. The lowest BCUT2D eigenvalue weighted by Gasteiger charge is -2.38. The molecule has 0 aromatic rings. The molecule has 1 aliphatic heterocycles. The van der Waals surface area contributed by atoms with Gasteiger partial charge in [-0.15, -0.1) is 0 Å². The van der Waals surface area contributed by atoms with Crippen molar-refractivity contribution in [1.82, 2.24) is 10.2 Å². The minimum absolute atomic E-state index is 0.206. The molecule has 92 valence electrons. The number of nitrogens with one attached hydrogen (secondary N) is 1. The van der Waals surface area contributed by atoms with Crippen molar-refractivity contribution in [3.05, 3.63) is 0 Å². The zero-order valence-corrected chi connectivity index (χ0v) is 9.90. The van der Waals surface area contributed by atoms with Gasteiger partial charge in [-0.05, 0) is 26.7 Å². The number of carboxylic acid groups (broad SMARTS) is 1. The van der Waals surface area contributed by atoms with Crippen LogP contribution in [0.15, 0.2) is 0 Å². The number of carbonyl (C=O) groups is 2. The van der Waals surface area contributed by atoms with E-state index in [-0.39, 0.29) is 12.5 Å². The molecule has 5 nitrogen and oxygen atoms in total. The van der Waals surface area contributed by atoms with Crippen LogP contribution in [-0.4, -0.2) is 47.1 Å². The van der Waals surface area contributed by atoms with E-state index < -0.39 is 5.97 Å². The van der Waals surface area contributed by atoms with Gasteiger partial charge in [0.2, 0.25) is 5.91 Å². The number of nitrogens with zero attached hydrogens (tertiary/aromatic N) is 1. The van der Waals surface area contributed by atoms with E-state index in [9.17, 15) is 9.59 Å². The summed E-state index contributed by atoms with van der Waals surface area (Å²) in [4.78, 5) is 23.9. The molecule has 0 bridgehead atoms. The number of piperidine rings is 1. The molecule has 0 aliphatic carbocycles. The Kier molecular flexibility index (Phi) is 4.73. The number of hydrogen-bond donors (Lipinski definition) is 2. The molecule has 0 radical (unpaired) electrons. The first-order chi connectivity index (χ1) is 7.50. The Morgan fingerprint density at radius 3 is 2.38 bits per heavy atom. The van der Waals surface area contributed by atoms with E-state index in [1.807, 2.05) is 0 Å². The molecule has 1 fully saturated rings. The number of likely N-dealkylation sites (tertiary alicyclic amines) is 1. The first-order valence-electron chi connectivity index (χ1n) is 5.75. The topological polar surface area (TPSA) is 69.6 Å². The first kappa shape index (κ1) is 13.0. The van der Waals surface area contributed by atoms with Gasteiger partial charge in [-0.25, -0.2) is 0 Å². The summed E-state index contributed by atoms with van der Waals surface area (Å²) in [5, 5.41) is 10.8. The highest BCUT2D eigenvalue weighted by molar-refractivity contribution is 5.82. The fourth-order valence-corrected chi connectivity index (χ4v) is 2.18. The quantitative estimate of drug-likeness (QED) is 0.733. The maximum absolute atomic E-state index is 11.5. The fraction of sp³-hybridized carbons (Fsp3) is 0.818. The molecule has 0 aromatic heterocycles. The monoisotopic (exact) mass is 228 g/mol. The van der Waals surface area contributed by atoms with Crippen molar-refractivity contribution in [2.24, 2.45) is 0 Å². The van der Waals surface area contributed by atoms with E-state index in [0.29, 0.717) is 18.6 Å². The lowest BCUT2D eigenvalue weighted by molar-refractivity contribution is -0.138. The molecule has 2 atom stereocenters. The SMILES string of the molecule is C[C@@H]1CCC[C@H](C)N1CC(=O)NCC(=O)O. The lowest BCUT2D eigenvalue weighted by Crippen LogP contribution is -2.49. The van der Waals surface area contributed by atoms with Crippen molar-refractivity contribution in [3.8, 4) is 0 Å². The number of rotatable bonds is 4. The molecule has 5 heteroatoms. The number of carboxylic acids is 1. The molecule has 1 rings (SSSR count). The average Bonchev–Trinajstić information content (AvgIpc) is 2.21. The average molecular weight is 228 g/mol. The molecule has 0 aromatic carbocycles. The third-order valence-electron chi connectivity index (χ3n) is 3.14. The summed E-state index contributed by atoms with van der Waals surface area (Å²) in [6, 6.07) is 0.804. The summed E-state index contributed by atoms with van der Waals surface area (Å²) in [5.74, 6) is -1.21. The van der Waals surface area contributed by atoms with E-state index >= 15 is 0 Å². The Hall–Kier alpha value is -1.10. The number of amides is 1. The van der Waals surface area contributed by atoms with Gasteiger partial charge < -0.3 is 10.4 Å². The Morgan fingerprint density at radius 2 is 1.88 bits per heavy atom. The molecule has 1 saturated heterocycles. The largest absolute Gasteiger partial charge is 0.480 e. The second-order valence-corrected chi connectivity index (χ2v) is 4.47. The molecule has 0 unspecified atom stereocenters. The molecule has 1 amide bonds. The van der Waals surface area contributed by atoms with Crippen LogP contribution < -0.4 is 5.32 Å². The van der Waals surface area contributed by atoms with Gasteiger partial charge in [-0.3, -0.25) is 14.5 Å². The Balaban J connectivity index is 2.39. The molecule has 1 aliphatic rings. The van der Waals surface area contributed by atoms with Crippen LogP contribution >= 0.6 is 0 Å². The summed E-state index contributed by atoms with van der Waals surface area (Å²) < 4.78 is 0. The zero-order valence-electron chi connectivity index (χ0n) is 9.90. The van der Waals surface area contributed by atoms with E-state index in [4.69, 9.17) is 5.11 Å². The van der Waals surface area contributed by atoms with E-state index in [1.54, 1.807) is 0 Å². The molecule has 1 heterocycles. The molecule has 0 spiro atoms. The van der Waals surface area contributed by atoms with Crippen molar-refractivity contribution in [3.63, 3.8) is 0 Å². The maximum Gasteiger partial charge on any atom is 0.322 e. The van der Waals surface area contributed by atoms with E-state index in [2.05, 4.69) is 24.1 Å². The van der Waals surface area contributed by atoms with Crippen molar-refractivity contribution in [2.75, 3.05) is 13.1 Å². The number of aliphatic carboxylic acids is 1. The minimum atomic E-state index is -1.01. The van der Waals surface area contributed by atoms with Crippen LogP contribution in [-0.2, 0) is 9.59 Å². The van der Waals surface area contributed by atoms with E-state index in [0.717, 1.165) is 12.8 Å². The van der Waals surface area contributed by atoms with Crippen molar-refractivity contribution < 1.29 is 14.7 Å². The van der Waals surface area contributed by atoms with Gasteiger partial charge in [0.15, 0.2) is 0 Å². The van der Waals surface area contributed by atoms with Gasteiger partial charge >= 0.3 is 5.97 Å². The Bertz CT molecular complexity index is 258. The normalized spacial score (nSPS) is 26.4. The molecular weight excluding hydrogens is 208 g/mol. The molecule has 2 N–H and O–H groups in total. The van der Waals surface area contributed by atoms with Gasteiger partial charge in [-0.1, -0.05) is 6.42 Å². The fourth-order valence-electron chi connectivity index (χ4n) is 2.18. The third kappa shape index (κ3) is 3.81. The smallest absolute Gasteiger partial charge is 0.322 e. The summed E-state index contributed by atoms with van der Waals surface area (Å²) in [6.07, 6.45) is 3.42. The van der Waals surface area contributed by atoms with Crippen LogP contribution in [0.3, 0.4) is 0 Å². The highest BCUT2D eigenvalue weighted by Crippen LogP contribution is 2.21. The lowest BCUT2D eigenvalue weighted by atomic mass is 9.97. The van der Waals surface area contributed by atoms with E-state index in [1.165, 1.54) is 6.42 Å². The Morgan fingerprint density at radius 1 is 1.31 bits per heavy atom. The number of hydrogen-bond acceptors (Lipinski definition) is 3. The zero-order chi connectivity index (χ0) is 12.1. The van der Waals surface area contributed by atoms with Gasteiger partial charge in [0, 0.05) is 12.1 Å². The highest BCUT2D eigenvalue weighted by Gasteiger charge is 2.26. The van der Waals surface area contributed by atoms with Crippen LogP contribution in [0.25, 0.3) is 0 Å². The minimum Gasteiger partial charge on any atom is -0.480 e. The summed E-state index contributed by atoms with van der Waals surface area (Å²) in [7, 11) is 0. The van der Waals surface area contributed by atoms with Crippen molar-refractivity contribution in [2.45, 2.75) is 45.2 Å². The van der Waals surface area contributed by atoms with Crippen molar-refractivity contribution in [1.29, 1.82) is 0 Å². The summed E-state index contributed by atoms with van der Waals surface area (Å²) >= 11 is 0. The van der Waals surface area contributed by atoms with Crippen LogP contribution in [0.2, 0.25) is 0 Å². The standard InChI is InChI=1S/C11H20N2O3/c1-8-4-3-5-9(2)13(8)7-10(14)12-6-11(15)16/h8-9H,3-7H2,1-2H3,(H,12,14)(H,15,16)/t8-,9+. The third-order valence-corrected chi connectivity index (χ3v) is 3.14. The van der Waals surface area contributed by atoms with Crippen LogP contribution in [0.4, 0.5) is 0 Å². The van der Waals surface area contributed by atoms with Crippen molar-refractivity contribution >= 4 is 11.9 Å². The second kappa shape index (κ2) is 5.84. The van der Waals surface area contributed by atoms with Crippen LogP contribution in [0, 0.1) is 0 Å².